The van der Waals surface area contributed by atoms with Gasteiger partial charge in [-0.2, -0.15) is 0 Å². The molecule has 1 unspecified atom stereocenters. The number of halogens is 1. The van der Waals surface area contributed by atoms with E-state index in [9.17, 15) is 9.18 Å². The van der Waals surface area contributed by atoms with Gasteiger partial charge in [0.25, 0.3) is 0 Å². The number of pyridine rings is 1. The predicted octanol–water partition coefficient (Wildman–Crippen LogP) is 4.06. The standard InChI is InChI=1S/C20H25FN2O2S/c1-20(2,3)18(12-25-17-10-5-4-9-16(17)21)23-19(24)14-26-13-15-8-6-7-11-22-15/h4-11,18H,12-14H2,1-3H3,(H,23,24). The molecule has 0 aliphatic heterocycles. The molecule has 26 heavy (non-hydrogen) atoms. The van der Waals surface area contributed by atoms with E-state index in [1.54, 1.807) is 24.4 Å². The lowest BCUT2D eigenvalue weighted by molar-refractivity contribution is -0.120. The number of hydrogen-bond donors (Lipinski definition) is 1. The first-order valence-electron chi connectivity index (χ1n) is 8.50. The van der Waals surface area contributed by atoms with Gasteiger partial charge in [-0.25, -0.2) is 4.39 Å². The van der Waals surface area contributed by atoms with Gasteiger partial charge < -0.3 is 10.1 Å². The second-order valence-electron chi connectivity index (χ2n) is 7.04. The summed E-state index contributed by atoms with van der Waals surface area (Å²) in [6.07, 6.45) is 1.74. The van der Waals surface area contributed by atoms with Gasteiger partial charge in [-0.15, -0.1) is 11.8 Å². The third-order valence-electron chi connectivity index (χ3n) is 3.83. The number of nitrogens with zero attached hydrogens (tertiary/aromatic N) is 1. The molecule has 0 radical (unpaired) electrons. The Morgan fingerprint density at radius 3 is 2.62 bits per heavy atom. The Bertz CT molecular complexity index is 704. The molecule has 0 saturated carbocycles. The zero-order valence-electron chi connectivity index (χ0n) is 15.4. The smallest absolute Gasteiger partial charge is 0.230 e. The predicted molar refractivity (Wildman–Crippen MR) is 104 cm³/mol. The van der Waals surface area contributed by atoms with Crippen LogP contribution < -0.4 is 10.1 Å². The summed E-state index contributed by atoms with van der Waals surface area (Å²) in [6.45, 7) is 6.26. The number of carbonyl (C=O) groups is 1. The van der Waals surface area contributed by atoms with E-state index in [1.165, 1.54) is 17.8 Å². The summed E-state index contributed by atoms with van der Waals surface area (Å²) in [5.41, 5.74) is 0.729. The third kappa shape index (κ3) is 6.67. The molecule has 1 N–H and O–H groups in total. The van der Waals surface area contributed by atoms with Gasteiger partial charge in [0.2, 0.25) is 5.91 Å². The van der Waals surface area contributed by atoms with Crippen LogP contribution in [0.1, 0.15) is 26.5 Å². The molecule has 0 saturated heterocycles. The molecule has 0 fully saturated rings. The molecule has 4 nitrogen and oxygen atoms in total. The topological polar surface area (TPSA) is 51.2 Å². The van der Waals surface area contributed by atoms with Crippen LogP contribution in [0.15, 0.2) is 48.7 Å². The number of ether oxygens (including phenoxy) is 1. The Kier molecular flexibility index (Phi) is 7.45. The van der Waals surface area contributed by atoms with E-state index < -0.39 is 5.82 Å². The zero-order chi connectivity index (χ0) is 19.0. The Balaban J connectivity index is 1.84. The fourth-order valence-electron chi connectivity index (χ4n) is 2.21. The number of rotatable bonds is 8. The van der Waals surface area contributed by atoms with Gasteiger partial charge in [-0.3, -0.25) is 9.78 Å². The Hall–Kier alpha value is -2.08. The molecule has 1 amide bonds. The lowest BCUT2D eigenvalue weighted by Crippen LogP contribution is -2.48. The van der Waals surface area contributed by atoms with Crippen LogP contribution in [0.2, 0.25) is 0 Å². The molecule has 1 heterocycles. The average Bonchev–Trinajstić information content (AvgIpc) is 2.60. The Morgan fingerprint density at radius 2 is 1.96 bits per heavy atom. The molecule has 1 aromatic heterocycles. The van der Waals surface area contributed by atoms with Gasteiger partial charge >= 0.3 is 0 Å². The number of thioether (sulfide) groups is 1. The quantitative estimate of drug-likeness (QED) is 0.755. The van der Waals surface area contributed by atoms with Crippen LogP contribution in [0.25, 0.3) is 0 Å². The van der Waals surface area contributed by atoms with Crippen molar-refractivity contribution in [2.45, 2.75) is 32.6 Å². The largest absolute Gasteiger partial charge is 0.488 e. The minimum absolute atomic E-state index is 0.0667. The van der Waals surface area contributed by atoms with Crippen molar-refractivity contribution in [3.8, 4) is 5.75 Å². The SMILES string of the molecule is CC(C)(C)C(COc1ccccc1F)NC(=O)CSCc1ccccn1. The molecule has 1 aromatic carbocycles. The monoisotopic (exact) mass is 376 g/mol. The van der Waals surface area contributed by atoms with Crippen LogP contribution >= 0.6 is 11.8 Å². The lowest BCUT2D eigenvalue weighted by atomic mass is 9.87. The summed E-state index contributed by atoms with van der Waals surface area (Å²) >= 11 is 1.51. The van der Waals surface area contributed by atoms with Crippen molar-refractivity contribution in [2.75, 3.05) is 12.4 Å². The second-order valence-corrected chi connectivity index (χ2v) is 8.03. The molecule has 2 rings (SSSR count). The molecule has 0 aliphatic carbocycles. The highest BCUT2D eigenvalue weighted by molar-refractivity contribution is 7.99. The minimum atomic E-state index is -0.405. The number of para-hydroxylation sites is 1. The number of carbonyl (C=O) groups excluding carboxylic acids is 1. The van der Waals surface area contributed by atoms with Crippen molar-refractivity contribution in [2.24, 2.45) is 5.41 Å². The van der Waals surface area contributed by atoms with Crippen LogP contribution in [0, 0.1) is 11.2 Å². The molecule has 1 atom stereocenters. The van der Waals surface area contributed by atoms with Crippen LogP contribution in [-0.2, 0) is 10.5 Å². The van der Waals surface area contributed by atoms with Gasteiger partial charge in [0.05, 0.1) is 17.5 Å². The number of aromatic nitrogens is 1. The molecule has 0 spiro atoms. The van der Waals surface area contributed by atoms with Gasteiger partial charge in [-0.05, 0) is 29.7 Å². The molecule has 6 heteroatoms. The second kappa shape index (κ2) is 9.57. The highest BCUT2D eigenvalue weighted by Gasteiger charge is 2.27. The zero-order valence-corrected chi connectivity index (χ0v) is 16.2. The number of nitrogens with one attached hydrogen (secondary N) is 1. The van der Waals surface area contributed by atoms with Crippen LogP contribution in [0.3, 0.4) is 0 Å². The molecule has 0 aliphatic rings. The maximum Gasteiger partial charge on any atom is 0.230 e. The van der Waals surface area contributed by atoms with Gasteiger partial charge in [0.1, 0.15) is 6.61 Å². The highest BCUT2D eigenvalue weighted by atomic mass is 32.2. The summed E-state index contributed by atoms with van der Waals surface area (Å²) in [4.78, 5) is 16.5. The lowest BCUT2D eigenvalue weighted by Gasteiger charge is -2.31. The van der Waals surface area contributed by atoms with Crippen LogP contribution in [-0.4, -0.2) is 29.3 Å². The average molecular weight is 376 g/mol. The van der Waals surface area contributed by atoms with E-state index >= 15 is 0 Å². The summed E-state index contributed by atoms with van der Waals surface area (Å²) in [7, 11) is 0. The van der Waals surface area contributed by atoms with E-state index in [1.807, 2.05) is 39.0 Å². The van der Waals surface area contributed by atoms with E-state index in [-0.39, 0.29) is 29.7 Å². The van der Waals surface area contributed by atoms with Crippen LogP contribution in [0.5, 0.6) is 5.75 Å². The fourth-order valence-corrected chi connectivity index (χ4v) is 2.96. The fraction of sp³-hybridized carbons (Fsp3) is 0.400. The highest BCUT2D eigenvalue weighted by Crippen LogP contribution is 2.22. The molecular weight excluding hydrogens is 351 g/mol. The number of hydrogen-bond acceptors (Lipinski definition) is 4. The first-order valence-corrected chi connectivity index (χ1v) is 9.66. The van der Waals surface area contributed by atoms with E-state index in [4.69, 9.17) is 4.74 Å². The maximum atomic E-state index is 13.7. The van der Waals surface area contributed by atoms with Crippen molar-refractivity contribution in [1.82, 2.24) is 10.3 Å². The maximum absolute atomic E-state index is 13.7. The third-order valence-corrected chi connectivity index (χ3v) is 4.80. The van der Waals surface area contributed by atoms with E-state index in [0.29, 0.717) is 11.5 Å². The number of amides is 1. The minimum Gasteiger partial charge on any atom is -0.488 e. The normalized spacial score (nSPS) is 12.5. The first kappa shape index (κ1) is 20.2. The van der Waals surface area contributed by atoms with E-state index in [2.05, 4.69) is 10.3 Å². The van der Waals surface area contributed by atoms with Gasteiger partial charge in [0.15, 0.2) is 11.6 Å². The summed E-state index contributed by atoms with van der Waals surface area (Å²) < 4.78 is 19.3. The molecule has 140 valence electrons. The molecular formula is C20H25FN2O2S. The van der Waals surface area contributed by atoms with Crippen LogP contribution in [0.4, 0.5) is 4.39 Å². The first-order chi connectivity index (χ1) is 12.4. The van der Waals surface area contributed by atoms with Crippen molar-refractivity contribution in [3.63, 3.8) is 0 Å². The summed E-state index contributed by atoms with van der Waals surface area (Å²) in [5, 5.41) is 3.01. The van der Waals surface area contributed by atoms with Crippen molar-refractivity contribution < 1.29 is 13.9 Å². The molecule has 0 bridgehead atoms. The van der Waals surface area contributed by atoms with Crippen molar-refractivity contribution in [3.05, 3.63) is 60.2 Å². The van der Waals surface area contributed by atoms with Crippen molar-refractivity contribution in [1.29, 1.82) is 0 Å². The Morgan fingerprint density at radius 1 is 1.23 bits per heavy atom. The van der Waals surface area contributed by atoms with E-state index in [0.717, 1.165) is 5.69 Å². The summed E-state index contributed by atoms with van der Waals surface area (Å²) in [5.74, 6) is 0.740. The summed E-state index contributed by atoms with van der Waals surface area (Å²) in [6, 6.07) is 11.8. The van der Waals surface area contributed by atoms with Crippen molar-refractivity contribution >= 4 is 17.7 Å². The Labute approximate surface area is 158 Å². The van der Waals surface area contributed by atoms with Gasteiger partial charge in [-0.1, -0.05) is 39.0 Å². The van der Waals surface area contributed by atoms with Gasteiger partial charge in [0, 0.05) is 11.9 Å². The number of benzene rings is 1. The molecule has 2 aromatic rings.